The summed E-state index contributed by atoms with van der Waals surface area (Å²) in [6.07, 6.45) is 6.60. The van der Waals surface area contributed by atoms with Gasteiger partial charge in [-0.1, -0.05) is 49.9 Å². The third-order valence-electron chi connectivity index (χ3n) is 6.64. The number of hydrogen-bond acceptors (Lipinski definition) is 5. The van der Waals surface area contributed by atoms with E-state index in [1.165, 1.54) is 12.0 Å². The van der Waals surface area contributed by atoms with Crippen LogP contribution < -0.4 is 14.4 Å². The number of sulfonamides is 1. The third kappa shape index (κ3) is 8.10. The van der Waals surface area contributed by atoms with Gasteiger partial charge in [-0.25, -0.2) is 8.42 Å². The van der Waals surface area contributed by atoms with Crippen molar-refractivity contribution in [3.63, 3.8) is 0 Å². The summed E-state index contributed by atoms with van der Waals surface area (Å²) in [6.45, 7) is 1.56. The van der Waals surface area contributed by atoms with Crippen LogP contribution in [0.4, 0.5) is 5.69 Å². The standard InChI is InChI=1S/C27H36ClN3O5S/c1-4-25(27(33)29-22-8-6-5-7-9-22)30(18-20-10-12-21(28)13-11-20)26(32)19-31(37(3,34)35)23-14-16-24(36-2)17-15-23/h10-17,22,25H,4-9,18-19H2,1-3H3,(H,29,33)/t25-/m0/s1. The first-order chi connectivity index (χ1) is 17.6. The number of anilines is 1. The Morgan fingerprint density at radius 3 is 2.22 bits per heavy atom. The number of carbonyl (C=O) groups excluding carboxylic acids is 2. The fourth-order valence-electron chi connectivity index (χ4n) is 4.61. The minimum absolute atomic E-state index is 0.0922. The first kappa shape index (κ1) is 28.8. The quantitative estimate of drug-likeness (QED) is 0.449. The van der Waals surface area contributed by atoms with Gasteiger partial charge in [0.2, 0.25) is 21.8 Å². The van der Waals surface area contributed by atoms with Gasteiger partial charge in [0.15, 0.2) is 0 Å². The molecule has 0 saturated heterocycles. The number of benzene rings is 2. The summed E-state index contributed by atoms with van der Waals surface area (Å²) in [5.74, 6) is -0.118. The fourth-order valence-corrected chi connectivity index (χ4v) is 5.59. The SMILES string of the molecule is CC[C@@H](C(=O)NC1CCCCC1)N(Cc1ccc(Cl)cc1)C(=O)CN(c1ccc(OC)cc1)S(C)(=O)=O. The smallest absolute Gasteiger partial charge is 0.244 e. The second kappa shape index (κ2) is 13.1. The molecule has 202 valence electrons. The Bertz CT molecular complexity index is 1150. The van der Waals surface area contributed by atoms with Gasteiger partial charge in [0.1, 0.15) is 18.3 Å². The summed E-state index contributed by atoms with van der Waals surface area (Å²) in [6, 6.07) is 12.8. The maximum atomic E-state index is 13.8. The average molecular weight is 550 g/mol. The van der Waals surface area contributed by atoms with Crippen molar-refractivity contribution in [2.75, 3.05) is 24.2 Å². The molecule has 0 radical (unpaired) electrons. The van der Waals surface area contributed by atoms with Crippen molar-refractivity contribution in [2.24, 2.45) is 0 Å². The molecule has 3 rings (SSSR count). The first-order valence-electron chi connectivity index (χ1n) is 12.6. The molecule has 10 heteroatoms. The molecule has 0 bridgehead atoms. The van der Waals surface area contributed by atoms with Crippen LogP contribution >= 0.6 is 11.6 Å². The molecule has 0 spiro atoms. The highest BCUT2D eigenvalue weighted by molar-refractivity contribution is 7.92. The van der Waals surface area contributed by atoms with Crippen molar-refractivity contribution in [1.29, 1.82) is 0 Å². The van der Waals surface area contributed by atoms with Gasteiger partial charge >= 0.3 is 0 Å². The third-order valence-corrected chi connectivity index (χ3v) is 8.04. The van der Waals surface area contributed by atoms with Crippen molar-refractivity contribution in [3.05, 3.63) is 59.1 Å². The lowest BCUT2D eigenvalue weighted by atomic mass is 9.95. The van der Waals surface area contributed by atoms with E-state index in [0.717, 1.165) is 48.2 Å². The Labute approximate surface area is 225 Å². The first-order valence-corrected chi connectivity index (χ1v) is 14.8. The number of amides is 2. The van der Waals surface area contributed by atoms with E-state index in [-0.39, 0.29) is 18.5 Å². The second-order valence-corrected chi connectivity index (χ2v) is 11.7. The van der Waals surface area contributed by atoms with E-state index in [4.69, 9.17) is 16.3 Å². The van der Waals surface area contributed by atoms with Crippen molar-refractivity contribution in [2.45, 2.75) is 64.1 Å². The molecular weight excluding hydrogens is 514 g/mol. The van der Waals surface area contributed by atoms with Gasteiger partial charge < -0.3 is 15.0 Å². The summed E-state index contributed by atoms with van der Waals surface area (Å²) in [5, 5.41) is 3.69. The number of carbonyl (C=O) groups is 2. The highest BCUT2D eigenvalue weighted by atomic mass is 35.5. The molecule has 1 aliphatic carbocycles. The largest absolute Gasteiger partial charge is 0.497 e. The van der Waals surface area contributed by atoms with Gasteiger partial charge in [-0.05, 0) is 61.2 Å². The molecule has 0 heterocycles. The normalized spacial score (nSPS) is 15.0. The Morgan fingerprint density at radius 1 is 1.05 bits per heavy atom. The lowest BCUT2D eigenvalue weighted by molar-refractivity contribution is -0.140. The van der Waals surface area contributed by atoms with Crippen LogP contribution in [0.15, 0.2) is 48.5 Å². The van der Waals surface area contributed by atoms with E-state index in [0.29, 0.717) is 22.9 Å². The maximum Gasteiger partial charge on any atom is 0.244 e. The summed E-state index contributed by atoms with van der Waals surface area (Å²) in [4.78, 5) is 28.6. The summed E-state index contributed by atoms with van der Waals surface area (Å²) < 4.78 is 31.6. The van der Waals surface area contributed by atoms with Crippen LogP contribution in [0.3, 0.4) is 0 Å². The van der Waals surface area contributed by atoms with Gasteiger partial charge in [-0.2, -0.15) is 0 Å². The molecule has 0 aromatic heterocycles. The van der Waals surface area contributed by atoms with Crippen LogP contribution in [0, 0.1) is 0 Å². The minimum atomic E-state index is -3.79. The van der Waals surface area contributed by atoms with E-state index < -0.39 is 28.5 Å². The summed E-state index contributed by atoms with van der Waals surface area (Å²) >= 11 is 6.04. The van der Waals surface area contributed by atoms with E-state index in [9.17, 15) is 18.0 Å². The fraction of sp³-hybridized carbons (Fsp3) is 0.481. The Balaban J connectivity index is 1.89. The second-order valence-electron chi connectivity index (χ2n) is 9.38. The monoisotopic (exact) mass is 549 g/mol. The predicted molar refractivity (Wildman–Crippen MR) is 146 cm³/mol. The van der Waals surface area contributed by atoms with E-state index in [2.05, 4.69) is 5.32 Å². The number of methoxy groups -OCH3 is 1. The molecule has 0 aliphatic heterocycles. The number of nitrogens with zero attached hydrogens (tertiary/aromatic N) is 2. The molecule has 1 aliphatic rings. The zero-order chi connectivity index (χ0) is 27.0. The van der Waals surface area contributed by atoms with Gasteiger partial charge in [-0.15, -0.1) is 0 Å². The topological polar surface area (TPSA) is 96.0 Å². The van der Waals surface area contributed by atoms with Crippen molar-refractivity contribution < 1.29 is 22.7 Å². The molecule has 1 atom stereocenters. The number of halogens is 1. The molecule has 1 saturated carbocycles. The lowest BCUT2D eigenvalue weighted by Crippen LogP contribution is -2.53. The molecule has 8 nitrogen and oxygen atoms in total. The summed E-state index contributed by atoms with van der Waals surface area (Å²) in [5.41, 5.74) is 1.12. The number of rotatable bonds is 11. The minimum Gasteiger partial charge on any atom is -0.497 e. The van der Waals surface area contributed by atoms with Crippen LogP contribution in [-0.2, 0) is 26.2 Å². The molecule has 1 N–H and O–H groups in total. The Morgan fingerprint density at radius 2 is 1.68 bits per heavy atom. The van der Waals surface area contributed by atoms with Crippen LogP contribution in [-0.4, -0.2) is 57.1 Å². The molecule has 2 amide bonds. The zero-order valence-corrected chi connectivity index (χ0v) is 23.2. The Kier molecular flexibility index (Phi) is 10.2. The van der Waals surface area contributed by atoms with Crippen LogP contribution in [0.25, 0.3) is 0 Å². The van der Waals surface area contributed by atoms with Gasteiger partial charge in [0, 0.05) is 17.6 Å². The van der Waals surface area contributed by atoms with E-state index >= 15 is 0 Å². The number of hydrogen-bond donors (Lipinski definition) is 1. The summed E-state index contributed by atoms with van der Waals surface area (Å²) in [7, 11) is -2.27. The maximum absolute atomic E-state index is 13.8. The average Bonchev–Trinajstić information content (AvgIpc) is 2.88. The Hall–Kier alpha value is -2.78. The van der Waals surface area contributed by atoms with E-state index in [1.54, 1.807) is 48.5 Å². The molecule has 2 aromatic rings. The highest BCUT2D eigenvalue weighted by Crippen LogP contribution is 2.23. The van der Waals surface area contributed by atoms with Crippen molar-refractivity contribution in [1.82, 2.24) is 10.2 Å². The molecular formula is C27H36ClN3O5S. The van der Waals surface area contributed by atoms with Crippen molar-refractivity contribution in [3.8, 4) is 5.75 Å². The number of nitrogens with one attached hydrogen (secondary N) is 1. The highest BCUT2D eigenvalue weighted by Gasteiger charge is 2.32. The molecule has 1 fully saturated rings. The van der Waals surface area contributed by atoms with Crippen LogP contribution in [0.1, 0.15) is 51.0 Å². The van der Waals surface area contributed by atoms with Gasteiger partial charge in [-0.3, -0.25) is 13.9 Å². The molecule has 2 aromatic carbocycles. The zero-order valence-electron chi connectivity index (χ0n) is 21.7. The van der Waals surface area contributed by atoms with Gasteiger partial charge in [0.25, 0.3) is 0 Å². The van der Waals surface area contributed by atoms with E-state index in [1.807, 2.05) is 6.92 Å². The van der Waals surface area contributed by atoms with Crippen molar-refractivity contribution >= 4 is 39.1 Å². The predicted octanol–water partition coefficient (Wildman–Crippen LogP) is 4.37. The van der Waals surface area contributed by atoms with Crippen LogP contribution in [0.2, 0.25) is 5.02 Å². The number of ether oxygens (including phenoxy) is 1. The van der Waals surface area contributed by atoms with Gasteiger partial charge in [0.05, 0.1) is 19.1 Å². The van der Waals surface area contributed by atoms with Crippen LogP contribution in [0.5, 0.6) is 5.75 Å². The molecule has 37 heavy (non-hydrogen) atoms. The molecule has 0 unspecified atom stereocenters. The lowest BCUT2D eigenvalue weighted by Gasteiger charge is -2.34.